The Kier molecular flexibility index (Phi) is 5.30. The molecule has 0 atom stereocenters. The molecule has 2 aromatic carbocycles. The van der Waals surface area contributed by atoms with E-state index < -0.39 is 11.7 Å². The normalized spacial score (nSPS) is 10.2. The summed E-state index contributed by atoms with van der Waals surface area (Å²) in [5.41, 5.74) is 1.33. The molecule has 0 aliphatic heterocycles. The number of benzene rings is 2. The van der Waals surface area contributed by atoms with Gasteiger partial charge in [-0.1, -0.05) is 28.1 Å². The molecule has 0 saturated heterocycles. The molecule has 21 heavy (non-hydrogen) atoms. The molecule has 6 heteroatoms. The van der Waals surface area contributed by atoms with E-state index in [0.29, 0.717) is 10.2 Å². The Morgan fingerprint density at radius 3 is 2.57 bits per heavy atom. The summed E-state index contributed by atoms with van der Waals surface area (Å²) in [6.07, 6.45) is 0. The number of carbonyl (C=O) groups is 1. The second-order valence-electron chi connectivity index (χ2n) is 4.27. The second kappa shape index (κ2) is 7.19. The minimum atomic E-state index is -0.538. The Morgan fingerprint density at radius 1 is 1.24 bits per heavy atom. The van der Waals surface area contributed by atoms with Crippen LogP contribution in [0.25, 0.3) is 0 Å². The van der Waals surface area contributed by atoms with E-state index in [9.17, 15) is 9.18 Å². The van der Waals surface area contributed by atoms with E-state index in [4.69, 9.17) is 9.84 Å². The first-order valence-electron chi connectivity index (χ1n) is 6.16. The van der Waals surface area contributed by atoms with Gasteiger partial charge < -0.3 is 15.2 Å². The van der Waals surface area contributed by atoms with Gasteiger partial charge in [0.15, 0.2) is 18.2 Å². The van der Waals surface area contributed by atoms with Gasteiger partial charge in [0.1, 0.15) is 0 Å². The number of carbonyl (C=O) groups excluding carboxylic acids is 1. The number of hydrogen-bond donors (Lipinski definition) is 2. The highest BCUT2D eigenvalue weighted by Gasteiger charge is 2.07. The zero-order valence-electron chi connectivity index (χ0n) is 11.0. The molecule has 0 fully saturated rings. The summed E-state index contributed by atoms with van der Waals surface area (Å²) in [6, 6.07) is 11.1. The molecule has 2 N–H and O–H groups in total. The second-order valence-corrected chi connectivity index (χ2v) is 5.18. The zero-order chi connectivity index (χ0) is 15.2. The predicted molar refractivity (Wildman–Crippen MR) is 80.6 cm³/mol. The molecule has 2 aromatic rings. The lowest BCUT2D eigenvalue weighted by molar-refractivity contribution is -0.118. The molecule has 0 saturated carbocycles. The van der Waals surface area contributed by atoms with Crippen molar-refractivity contribution >= 4 is 27.5 Å². The number of aliphatic hydroxyl groups excluding tert-OH is 1. The highest BCUT2D eigenvalue weighted by molar-refractivity contribution is 9.10. The van der Waals surface area contributed by atoms with E-state index in [1.54, 1.807) is 30.3 Å². The number of halogens is 2. The first kappa shape index (κ1) is 15.5. The topological polar surface area (TPSA) is 58.6 Å². The summed E-state index contributed by atoms with van der Waals surface area (Å²) in [7, 11) is 0. The van der Waals surface area contributed by atoms with E-state index in [0.717, 1.165) is 5.56 Å². The lowest BCUT2D eigenvalue weighted by Crippen LogP contribution is -2.20. The Hall–Kier alpha value is -1.92. The van der Waals surface area contributed by atoms with Crippen molar-refractivity contribution in [2.24, 2.45) is 0 Å². The van der Waals surface area contributed by atoms with Crippen molar-refractivity contribution < 1.29 is 19.0 Å². The lowest BCUT2D eigenvalue weighted by Gasteiger charge is -2.08. The third-order valence-electron chi connectivity index (χ3n) is 2.67. The Balaban J connectivity index is 1.89. The largest absolute Gasteiger partial charge is 0.481 e. The summed E-state index contributed by atoms with van der Waals surface area (Å²) >= 11 is 3.14. The SMILES string of the molecule is O=C(COc1ccc(Br)cc1F)Nc1ccc(CO)cc1. The maximum atomic E-state index is 13.5. The minimum Gasteiger partial charge on any atom is -0.481 e. The third-order valence-corrected chi connectivity index (χ3v) is 3.17. The summed E-state index contributed by atoms with van der Waals surface area (Å²) < 4.78 is 19.2. The van der Waals surface area contributed by atoms with Crippen molar-refractivity contribution in [2.45, 2.75) is 6.61 Å². The van der Waals surface area contributed by atoms with Crippen molar-refractivity contribution in [1.82, 2.24) is 0 Å². The molecule has 0 aliphatic rings. The quantitative estimate of drug-likeness (QED) is 0.868. The van der Waals surface area contributed by atoms with Gasteiger partial charge >= 0.3 is 0 Å². The van der Waals surface area contributed by atoms with Gasteiger partial charge in [-0.15, -0.1) is 0 Å². The molecule has 0 aliphatic carbocycles. The van der Waals surface area contributed by atoms with Crippen LogP contribution in [0.4, 0.5) is 10.1 Å². The molecule has 1 amide bonds. The number of hydrogen-bond acceptors (Lipinski definition) is 3. The zero-order valence-corrected chi connectivity index (χ0v) is 12.6. The summed E-state index contributed by atoms with van der Waals surface area (Å²) in [6.45, 7) is -0.347. The van der Waals surface area contributed by atoms with Gasteiger partial charge in [0.05, 0.1) is 6.61 Å². The van der Waals surface area contributed by atoms with E-state index in [1.165, 1.54) is 12.1 Å². The first-order valence-corrected chi connectivity index (χ1v) is 6.95. The van der Waals surface area contributed by atoms with Crippen LogP contribution in [0.3, 0.4) is 0 Å². The highest BCUT2D eigenvalue weighted by atomic mass is 79.9. The number of ether oxygens (including phenoxy) is 1. The van der Waals surface area contributed by atoms with Crippen molar-refractivity contribution in [3.63, 3.8) is 0 Å². The average molecular weight is 354 g/mol. The van der Waals surface area contributed by atoms with Crippen LogP contribution in [0.15, 0.2) is 46.9 Å². The smallest absolute Gasteiger partial charge is 0.262 e. The van der Waals surface area contributed by atoms with Crippen LogP contribution in [0.1, 0.15) is 5.56 Å². The van der Waals surface area contributed by atoms with E-state index in [-0.39, 0.29) is 19.0 Å². The molecular formula is C15H13BrFNO3. The number of amides is 1. The van der Waals surface area contributed by atoms with Crippen LogP contribution in [0.2, 0.25) is 0 Å². The maximum Gasteiger partial charge on any atom is 0.262 e. The first-order chi connectivity index (χ1) is 10.1. The number of anilines is 1. The molecule has 0 spiro atoms. The predicted octanol–water partition coefficient (Wildman–Crippen LogP) is 3.10. The van der Waals surface area contributed by atoms with Crippen LogP contribution in [-0.4, -0.2) is 17.6 Å². The van der Waals surface area contributed by atoms with Crippen LogP contribution >= 0.6 is 15.9 Å². The molecular weight excluding hydrogens is 341 g/mol. The number of aliphatic hydroxyl groups is 1. The fraction of sp³-hybridized carbons (Fsp3) is 0.133. The Labute approximate surface area is 129 Å². The van der Waals surface area contributed by atoms with Crippen molar-refractivity contribution in [2.75, 3.05) is 11.9 Å². The van der Waals surface area contributed by atoms with Crippen molar-refractivity contribution in [1.29, 1.82) is 0 Å². The highest BCUT2D eigenvalue weighted by Crippen LogP contribution is 2.21. The summed E-state index contributed by atoms with van der Waals surface area (Å²) in [5.74, 6) is -0.914. The van der Waals surface area contributed by atoms with Gasteiger partial charge in [0.25, 0.3) is 5.91 Å². The summed E-state index contributed by atoms with van der Waals surface area (Å²) in [4.78, 5) is 11.7. The molecule has 110 valence electrons. The molecule has 0 radical (unpaired) electrons. The van der Waals surface area contributed by atoms with Crippen LogP contribution < -0.4 is 10.1 Å². The average Bonchev–Trinajstić information content (AvgIpc) is 2.47. The van der Waals surface area contributed by atoms with Crippen molar-refractivity contribution in [3.05, 3.63) is 58.3 Å². The van der Waals surface area contributed by atoms with Gasteiger partial charge in [0.2, 0.25) is 0 Å². The molecule has 0 aromatic heterocycles. The van der Waals surface area contributed by atoms with E-state index in [2.05, 4.69) is 21.2 Å². The van der Waals surface area contributed by atoms with Gasteiger partial charge in [-0.25, -0.2) is 4.39 Å². The number of nitrogens with one attached hydrogen (secondary N) is 1. The Morgan fingerprint density at radius 2 is 1.95 bits per heavy atom. The summed E-state index contributed by atoms with van der Waals surface area (Å²) in [5, 5.41) is 11.5. The number of rotatable bonds is 5. The Bertz CT molecular complexity index is 631. The van der Waals surface area contributed by atoms with Crippen LogP contribution in [0.5, 0.6) is 5.75 Å². The molecule has 2 rings (SSSR count). The van der Waals surface area contributed by atoms with Crippen LogP contribution in [-0.2, 0) is 11.4 Å². The van der Waals surface area contributed by atoms with E-state index >= 15 is 0 Å². The minimum absolute atomic E-state index is 0.0176. The fourth-order valence-electron chi connectivity index (χ4n) is 1.63. The molecule has 0 bridgehead atoms. The van der Waals surface area contributed by atoms with Gasteiger partial charge in [0, 0.05) is 10.2 Å². The monoisotopic (exact) mass is 353 g/mol. The molecule has 0 unspecified atom stereocenters. The van der Waals surface area contributed by atoms with Gasteiger partial charge in [-0.3, -0.25) is 4.79 Å². The third kappa shape index (κ3) is 4.54. The van der Waals surface area contributed by atoms with E-state index in [1.807, 2.05) is 0 Å². The fourth-order valence-corrected chi connectivity index (χ4v) is 1.96. The molecule has 0 heterocycles. The maximum absolute atomic E-state index is 13.5. The van der Waals surface area contributed by atoms with Crippen molar-refractivity contribution in [3.8, 4) is 5.75 Å². The van der Waals surface area contributed by atoms with Crippen LogP contribution in [0, 0.1) is 5.82 Å². The standard InChI is InChI=1S/C15H13BrFNO3/c16-11-3-6-14(13(17)7-11)21-9-15(20)18-12-4-1-10(8-19)2-5-12/h1-7,19H,8-9H2,(H,18,20). The molecule has 4 nitrogen and oxygen atoms in total. The van der Waals surface area contributed by atoms with Gasteiger partial charge in [-0.2, -0.15) is 0 Å². The lowest BCUT2D eigenvalue weighted by atomic mass is 10.2. The van der Waals surface area contributed by atoms with Gasteiger partial charge in [-0.05, 0) is 35.9 Å².